The summed E-state index contributed by atoms with van der Waals surface area (Å²) >= 11 is 1.17. The first-order valence-corrected chi connectivity index (χ1v) is 10.1. The molecule has 1 N–H and O–H groups in total. The molecule has 2 aromatic rings. The fourth-order valence-corrected chi connectivity index (χ4v) is 4.09. The molecule has 2 aromatic carbocycles. The maximum Gasteiger partial charge on any atom is 0.344 e. The van der Waals surface area contributed by atoms with E-state index in [4.69, 9.17) is 18.9 Å². The molecule has 3 rings (SSSR count). The predicted molar refractivity (Wildman–Crippen MR) is 122 cm³/mol. The number of aliphatic hydroxyl groups is 1. The summed E-state index contributed by atoms with van der Waals surface area (Å²) in [6, 6.07) is 11.0. The standard InChI is InChI=1S/C23H23NO6S/c1-13-8-6-7-9-15(13)24-22-18(23(26)30-5)19(25)17(31-22)12-14-10-11-16(27-2)21(29-4)20(14)28-3/h6-12,25H,1-5H3/b17-12+,24-22?. The van der Waals surface area contributed by atoms with E-state index in [1.165, 1.54) is 40.2 Å². The quantitative estimate of drug-likeness (QED) is 0.643. The molecule has 0 atom stereocenters. The van der Waals surface area contributed by atoms with Gasteiger partial charge in [0.05, 0.1) is 39.0 Å². The molecule has 0 saturated heterocycles. The summed E-state index contributed by atoms with van der Waals surface area (Å²) in [6.45, 7) is 1.92. The zero-order valence-corrected chi connectivity index (χ0v) is 18.7. The van der Waals surface area contributed by atoms with Crippen LogP contribution in [0, 0.1) is 6.92 Å². The van der Waals surface area contributed by atoms with Crippen molar-refractivity contribution in [3.63, 3.8) is 0 Å². The van der Waals surface area contributed by atoms with E-state index in [0.29, 0.717) is 38.4 Å². The molecule has 0 aliphatic carbocycles. The molecule has 0 fully saturated rings. The Labute approximate surface area is 185 Å². The van der Waals surface area contributed by atoms with Gasteiger partial charge in [-0.2, -0.15) is 0 Å². The maximum absolute atomic E-state index is 12.4. The lowest BCUT2D eigenvalue weighted by molar-refractivity contribution is -0.135. The van der Waals surface area contributed by atoms with Gasteiger partial charge in [0.25, 0.3) is 0 Å². The van der Waals surface area contributed by atoms with Crippen LogP contribution in [-0.4, -0.2) is 44.6 Å². The van der Waals surface area contributed by atoms with Gasteiger partial charge in [-0.05, 0) is 36.8 Å². The second-order valence-corrected chi connectivity index (χ2v) is 7.48. The van der Waals surface area contributed by atoms with Crippen molar-refractivity contribution in [1.29, 1.82) is 0 Å². The number of hydrogen-bond acceptors (Lipinski definition) is 8. The van der Waals surface area contributed by atoms with Crippen molar-refractivity contribution >= 4 is 34.5 Å². The highest BCUT2D eigenvalue weighted by atomic mass is 32.2. The van der Waals surface area contributed by atoms with E-state index >= 15 is 0 Å². The number of thioether (sulfide) groups is 1. The van der Waals surface area contributed by atoms with Crippen LogP contribution in [0.4, 0.5) is 5.69 Å². The molecule has 0 aromatic heterocycles. The number of carbonyl (C=O) groups is 1. The van der Waals surface area contributed by atoms with Gasteiger partial charge in [0, 0.05) is 5.56 Å². The summed E-state index contributed by atoms with van der Waals surface area (Å²) in [5, 5.41) is 11.2. The average Bonchev–Trinajstić information content (AvgIpc) is 3.08. The van der Waals surface area contributed by atoms with Gasteiger partial charge in [0.15, 0.2) is 11.5 Å². The molecular weight excluding hydrogens is 418 g/mol. The number of esters is 1. The molecule has 1 aliphatic heterocycles. The van der Waals surface area contributed by atoms with Crippen molar-refractivity contribution in [2.45, 2.75) is 6.92 Å². The third kappa shape index (κ3) is 4.39. The topological polar surface area (TPSA) is 86.6 Å². The molecule has 0 unspecified atom stereocenters. The van der Waals surface area contributed by atoms with E-state index in [9.17, 15) is 9.90 Å². The normalized spacial score (nSPS) is 16.0. The van der Waals surface area contributed by atoms with E-state index in [2.05, 4.69) is 4.99 Å². The largest absolute Gasteiger partial charge is 0.506 e. The lowest BCUT2D eigenvalue weighted by atomic mass is 10.1. The van der Waals surface area contributed by atoms with Crippen molar-refractivity contribution in [2.75, 3.05) is 28.4 Å². The number of carbonyl (C=O) groups excluding carboxylic acids is 1. The monoisotopic (exact) mass is 441 g/mol. The van der Waals surface area contributed by atoms with Crippen LogP contribution in [0.1, 0.15) is 11.1 Å². The van der Waals surface area contributed by atoms with Crippen molar-refractivity contribution in [3.8, 4) is 17.2 Å². The summed E-state index contributed by atoms with van der Waals surface area (Å²) in [4.78, 5) is 17.4. The first kappa shape index (κ1) is 22.3. The van der Waals surface area contributed by atoms with Crippen molar-refractivity contribution in [3.05, 3.63) is 63.8 Å². The van der Waals surface area contributed by atoms with Crippen molar-refractivity contribution in [1.82, 2.24) is 0 Å². The summed E-state index contributed by atoms with van der Waals surface area (Å²) in [6.07, 6.45) is 1.70. The summed E-state index contributed by atoms with van der Waals surface area (Å²) in [7, 11) is 5.83. The Kier molecular flexibility index (Phi) is 6.91. The minimum Gasteiger partial charge on any atom is -0.506 e. The average molecular weight is 442 g/mol. The Morgan fingerprint density at radius 2 is 1.71 bits per heavy atom. The fourth-order valence-electron chi connectivity index (χ4n) is 3.07. The van der Waals surface area contributed by atoms with Gasteiger partial charge >= 0.3 is 5.97 Å². The van der Waals surface area contributed by atoms with Gasteiger partial charge in [-0.1, -0.05) is 30.0 Å². The Hall–Kier alpha value is -3.39. The van der Waals surface area contributed by atoms with Crippen LogP contribution in [0.3, 0.4) is 0 Å². The van der Waals surface area contributed by atoms with Crippen LogP contribution in [0.25, 0.3) is 6.08 Å². The van der Waals surface area contributed by atoms with Crippen LogP contribution in [0.5, 0.6) is 17.2 Å². The van der Waals surface area contributed by atoms with E-state index in [-0.39, 0.29) is 11.3 Å². The third-order valence-electron chi connectivity index (χ3n) is 4.64. The van der Waals surface area contributed by atoms with Gasteiger partial charge in [-0.3, -0.25) is 0 Å². The minimum absolute atomic E-state index is 0.0152. The second-order valence-electron chi connectivity index (χ2n) is 6.45. The van der Waals surface area contributed by atoms with Crippen LogP contribution < -0.4 is 14.2 Å². The number of rotatable bonds is 6. The van der Waals surface area contributed by atoms with E-state index in [1.807, 2.05) is 31.2 Å². The smallest absolute Gasteiger partial charge is 0.344 e. The zero-order chi connectivity index (χ0) is 22.5. The molecule has 8 heteroatoms. The lowest BCUT2D eigenvalue weighted by Crippen LogP contribution is -2.10. The summed E-state index contributed by atoms with van der Waals surface area (Å²) < 4.78 is 21.1. The molecular formula is C23H23NO6S. The molecule has 7 nitrogen and oxygen atoms in total. The number of ether oxygens (including phenoxy) is 4. The number of methoxy groups -OCH3 is 4. The number of aryl methyl sites for hydroxylation is 1. The number of aliphatic imine (C=N–C) groups is 1. The second kappa shape index (κ2) is 9.61. The SMILES string of the molecule is COC(=O)C1=C(O)/C(=C\c2ccc(OC)c(OC)c2OC)SC1=Nc1ccccc1C. The number of hydrogen-bond donors (Lipinski definition) is 1. The fraction of sp³-hybridized carbons (Fsp3) is 0.217. The number of benzene rings is 2. The number of nitrogens with zero attached hydrogens (tertiary/aromatic N) is 1. The molecule has 0 bridgehead atoms. The molecule has 0 spiro atoms. The van der Waals surface area contributed by atoms with Crippen molar-refractivity contribution < 1.29 is 28.8 Å². The Bertz CT molecular complexity index is 1100. The maximum atomic E-state index is 12.4. The van der Waals surface area contributed by atoms with Crippen molar-refractivity contribution in [2.24, 2.45) is 4.99 Å². The van der Waals surface area contributed by atoms with Gasteiger partial charge in [0.2, 0.25) is 5.75 Å². The predicted octanol–water partition coefficient (Wildman–Crippen LogP) is 4.82. The highest BCUT2D eigenvalue weighted by Crippen LogP contribution is 2.44. The first-order chi connectivity index (χ1) is 14.9. The van der Waals surface area contributed by atoms with Crippen LogP contribution in [-0.2, 0) is 9.53 Å². The highest BCUT2D eigenvalue weighted by Gasteiger charge is 2.33. The lowest BCUT2D eigenvalue weighted by Gasteiger charge is -2.14. The molecule has 1 heterocycles. The van der Waals surface area contributed by atoms with Gasteiger partial charge in [-0.25, -0.2) is 9.79 Å². The van der Waals surface area contributed by atoms with Gasteiger partial charge < -0.3 is 24.1 Å². The molecule has 0 amide bonds. The molecule has 0 radical (unpaired) electrons. The van der Waals surface area contributed by atoms with Crippen LogP contribution >= 0.6 is 11.8 Å². The molecule has 162 valence electrons. The van der Waals surface area contributed by atoms with E-state index in [1.54, 1.807) is 18.2 Å². The number of aliphatic hydroxyl groups excluding tert-OH is 1. The Morgan fingerprint density at radius 1 is 1.00 bits per heavy atom. The van der Waals surface area contributed by atoms with E-state index < -0.39 is 5.97 Å². The highest BCUT2D eigenvalue weighted by molar-refractivity contribution is 8.18. The number of para-hydroxylation sites is 1. The third-order valence-corrected chi connectivity index (χ3v) is 5.66. The summed E-state index contributed by atoms with van der Waals surface area (Å²) in [5.74, 6) is 0.498. The van der Waals surface area contributed by atoms with Gasteiger partial charge in [-0.15, -0.1) is 0 Å². The van der Waals surface area contributed by atoms with Crippen LogP contribution in [0.15, 0.2) is 57.6 Å². The molecule has 31 heavy (non-hydrogen) atoms. The van der Waals surface area contributed by atoms with Crippen LogP contribution in [0.2, 0.25) is 0 Å². The molecule has 1 aliphatic rings. The summed E-state index contributed by atoms with van der Waals surface area (Å²) in [5.41, 5.74) is 2.29. The first-order valence-electron chi connectivity index (χ1n) is 9.30. The zero-order valence-electron chi connectivity index (χ0n) is 17.9. The minimum atomic E-state index is -0.667. The van der Waals surface area contributed by atoms with E-state index in [0.717, 1.165) is 5.56 Å². The Morgan fingerprint density at radius 3 is 2.32 bits per heavy atom. The van der Waals surface area contributed by atoms with Gasteiger partial charge in [0.1, 0.15) is 16.4 Å². The molecule has 0 saturated carbocycles. The Balaban J connectivity index is 2.13.